The van der Waals surface area contributed by atoms with E-state index in [1.54, 1.807) is 0 Å². The van der Waals surface area contributed by atoms with Gasteiger partial charge in [-0.15, -0.1) is 0 Å². The lowest BCUT2D eigenvalue weighted by atomic mass is 9.78. The molecule has 0 aromatic rings. The fourth-order valence-electron chi connectivity index (χ4n) is 3.73. The van der Waals surface area contributed by atoms with Gasteiger partial charge in [0, 0.05) is 51.4 Å². The van der Waals surface area contributed by atoms with Crippen molar-refractivity contribution < 1.29 is 4.74 Å². The number of ether oxygens (including phenoxy) is 1. The second-order valence-electron chi connectivity index (χ2n) is 6.48. The van der Waals surface area contributed by atoms with Crippen LogP contribution >= 0.6 is 0 Å². The summed E-state index contributed by atoms with van der Waals surface area (Å²) in [5, 5.41) is 0. The second-order valence-corrected chi connectivity index (χ2v) is 6.48. The molecule has 0 aromatic heterocycles. The van der Waals surface area contributed by atoms with E-state index < -0.39 is 0 Å². The van der Waals surface area contributed by atoms with Crippen LogP contribution in [0.1, 0.15) is 39.5 Å². The third-order valence-corrected chi connectivity index (χ3v) is 5.29. The molecule has 0 bridgehead atoms. The van der Waals surface area contributed by atoms with Crippen molar-refractivity contribution in [2.75, 3.05) is 39.8 Å². The summed E-state index contributed by atoms with van der Waals surface area (Å²) in [4.78, 5) is 5.24. The Balaban J connectivity index is 1.92. The van der Waals surface area contributed by atoms with Gasteiger partial charge in [-0.05, 0) is 39.5 Å². The van der Waals surface area contributed by atoms with Gasteiger partial charge in [0.1, 0.15) is 0 Å². The fourth-order valence-corrected chi connectivity index (χ4v) is 3.73. The first-order valence-corrected chi connectivity index (χ1v) is 7.83. The van der Waals surface area contributed by atoms with E-state index in [4.69, 9.17) is 10.5 Å². The predicted octanol–water partition coefficient (Wildman–Crippen LogP) is 1.30. The number of hydrogen-bond donors (Lipinski definition) is 1. The van der Waals surface area contributed by atoms with Crippen LogP contribution in [0.3, 0.4) is 0 Å². The maximum Gasteiger partial charge on any atom is 0.0572 e. The Labute approximate surface area is 118 Å². The first-order valence-electron chi connectivity index (χ1n) is 7.83. The quantitative estimate of drug-likeness (QED) is 0.835. The lowest BCUT2D eigenvalue weighted by Gasteiger charge is -2.51. The van der Waals surface area contributed by atoms with Crippen molar-refractivity contribution >= 4 is 0 Å². The van der Waals surface area contributed by atoms with Crippen LogP contribution in [0.15, 0.2) is 0 Å². The Morgan fingerprint density at radius 1 is 1.16 bits per heavy atom. The molecule has 1 saturated heterocycles. The van der Waals surface area contributed by atoms with Crippen molar-refractivity contribution in [2.45, 2.75) is 57.2 Å². The number of methoxy groups -OCH3 is 1. The molecule has 2 rings (SSSR count). The van der Waals surface area contributed by atoms with Crippen molar-refractivity contribution in [3.05, 3.63) is 0 Å². The van der Waals surface area contributed by atoms with Gasteiger partial charge in [0.15, 0.2) is 0 Å². The average molecular weight is 269 g/mol. The molecule has 0 aromatic carbocycles. The minimum Gasteiger partial charge on any atom is -0.381 e. The van der Waals surface area contributed by atoms with Crippen LogP contribution in [-0.4, -0.2) is 67.3 Å². The zero-order chi connectivity index (χ0) is 13.9. The number of piperazine rings is 1. The Morgan fingerprint density at radius 3 is 2.16 bits per heavy atom. The molecule has 1 aliphatic carbocycles. The van der Waals surface area contributed by atoms with Gasteiger partial charge in [0.25, 0.3) is 0 Å². The SMILES string of the molecule is COC1CCC(CN)(N2CCN(C(C)C)CC2)CC1. The molecule has 0 amide bonds. The highest BCUT2D eigenvalue weighted by atomic mass is 16.5. The monoisotopic (exact) mass is 269 g/mol. The summed E-state index contributed by atoms with van der Waals surface area (Å²) in [6.07, 6.45) is 5.18. The molecule has 2 fully saturated rings. The maximum absolute atomic E-state index is 6.15. The van der Waals surface area contributed by atoms with Gasteiger partial charge in [-0.3, -0.25) is 9.80 Å². The molecule has 2 N–H and O–H groups in total. The summed E-state index contributed by atoms with van der Waals surface area (Å²) in [6, 6.07) is 0.667. The molecule has 1 heterocycles. The van der Waals surface area contributed by atoms with Gasteiger partial charge in [-0.25, -0.2) is 0 Å². The molecule has 112 valence electrons. The van der Waals surface area contributed by atoms with Gasteiger partial charge in [-0.1, -0.05) is 0 Å². The van der Waals surface area contributed by atoms with Crippen LogP contribution in [0.4, 0.5) is 0 Å². The van der Waals surface area contributed by atoms with E-state index in [0.29, 0.717) is 12.1 Å². The van der Waals surface area contributed by atoms with Crippen LogP contribution in [0, 0.1) is 0 Å². The van der Waals surface area contributed by atoms with Gasteiger partial charge >= 0.3 is 0 Å². The van der Waals surface area contributed by atoms with Crippen LogP contribution in [-0.2, 0) is 4.74 Å². The van der Waals surface area contributed by atoms with E-state index in [0.717, 1.165) is 19.4 Å². The zero-order valence-electron chi connectivity index (χ0n) is 12.9. The van der Waals surface area contributed by atoms with E-state index in [1.165, 1.54) is 39.0 Å². The normalized spacial score (nSPS) is 34.9. The van der Waals surface area contributed by atoms with Crippen LogP contribution in [0.2, 0.25) is 0 Å². The molecule has 2 aliphatic rings. The summed E-state index contributed by atoms with van der Waals surface area (Å²) in [5.74, 6) is 0. The van der Waals surface area contributed by atoms with Crippen LogP contribution in [0.5, 0.6) is 0 Å². The molecule has 1 saturated carbocycles. The van der Waals surface area contributed by atoms with E-state index in [2.05, 4.69) is 23.6 Å². The second kappa shape index (κ2) is 6.53. The van der Waals surface area contributed by atoms with Gasteiger partial charge < -0.3 is 10.5 Å². The van der Waals surface area contributed by atoms with E-state index in [9.17, 15) is 0 Å². The van der Waals surface area contributed by atoms with E-state index in [1.807, 2.05) is 7.11 Å². The number of nitrogens with zero attached hydrogens (tertiary/aromatic N) is 2. The highest BCUT2D eigenvalue weighted by Gasteiger charge is 2.40. The van der Waals surface area contributed by atoms with Crippen molar-refractivity contribution in [2.24, 2.45) is 5.73 Å². The third kappa shape index (κ3) is 3.30. The van der Waals surface area contributed by atoms with E-state index >= 15 is 0 Å². The summed E-state index contributed by atoms with van der Waals surface area (Å²) >= 11 is 0. The molecular weight excluding hydrogens is 238 g/mol. The molecule has 4 heteroatoms. The van der Waals surface area contributed by atoms with Gasteiger partial charge in [0.05, 0.1) is 6.10 Å². The van der Waals surface area contributed by atoms with Crippen LogP contribution < -0.4 is 5.73 Å². The Kier molecular flexibility index (Phi) is 5.23. The van der Waals surface area contributed by atoms with Crippen LogP contribution in [0.25, 0.3) is 0 Å². The smallest absolute Gasteiger partial charge is 0.0572 e. The first kappa shape index (κ1) is 15.2. The number of rotatable bonds is 4. The summed E-state index contributed by atoms with van der Waals surface area (Å²) < 4.78 is 5.50. The van der Waals surface area contributed by atoms with Gasteiger partial charge in [0.2, 0.25) is 0 Å². The number of nitrogens with two attached hydrogens (primary N) is 1. The Hall–Kier alpha value is -0.160. The Morgan fingerprint density at radius 2 is 1.74 bits per heavy atom. The summed E-state index contributed by atoms with van der Waals surface area (Å²) in [7, 11) is 1.83. The predicted molar refractivity (Wildman–Crippen MR) is 79.3 cm³/mol. The largest absolute Gasteiger partial charge is 0.381 e. The molecular formula is C15H31N3O. The Bertz CT molecular complexity index is 267. The third-order valence-electron chi connectivity index (χ3n) is 5.29. The fraction of sp³-hybridized carbons (Fsp3) is 1.00. The molecule has 0 spiro atoms. The molecule has 1 aliphatic heterocycles. The first-order chi connectivity index (χ1) is 9.11. The maximum atomic E-state index is 6.15. The standard InChI is InChI=1S/C15H31N3O/c1-13(2)17-8-10-18(11-9-17)15(12-16)6-4-14(19-3)5-7-15/h13-14H,4-12,16H2,1-3H3. The minimum atomic E-state index is 0.248. The highest BCUT2D eigenvalue weighted by Crippen LogP contribution is 2.34. The molecule has 0 atom stereocenters. The minimum absolute atomic E-state index is 0.248. The molecule has 19 heavy (non-hydrogen) atoms. The molecule has 0 radical (unpaired) electrons. The lowest BCUT2D eigenvalue weighted by Crippen LogP contribution is -2.62. The van der Waals surface area contributed by atoms with Crippen molar-refractivity contribution in [1.29, 1.82) is 0 Å². The average Bonchev–Trinajstić information content (AvgIpc) is 2.47. The van der Waals surface area contributed by atoms with Crippen molar-refractivity contribution in [1.82, 2.24) is 9.80 Å². The lowest BCUT2D eigenvalue weighted by molar-refractivity contribution is -0.0299. The van der Waals surface area contributed by atoms with Crippen molar-refractivity contribution in [3.63, 3.8) is 0 Å². The van der Waals surface area contributed by atoms with E-state index in [-0.39, 0.29) is 5.54 Å². The summed E-state index contributed by atoms with van der Waals surface area (Å²) in [5.41, 5.74) is 6.40. The molecule has 0 unspecified atom stereocenters. The molecule has 4 nitrogen and oxygen atoms in total. The van der Waals surface area contributed by atoms with Gasteiger partial charge in [-0.2, -0.15) is 0 Å². The zero-order valence-corrected chi connectivity index (χ0v) is 12.9. The highest BCUT2D eigenvalue weighted by molar-refractivity contribution is 4.98. The summed E-state index contributed by atoms with van der Waals surface area (Å²) in [6.45, 7) is 10.1. The number of hydrogen-bond acceptors (Lipinski definition) is 4. The van der Waals surface area contributed by atoms with Crippen molar-refractivity contribution in [3.8, 4) is 0 Å². The topological polar surface area (TPSA) is 41.7 Å².